The van der Waals surface area contributed by atoms with Crippen LogP contribution >= 0.6 is 11.3 Å². The van der Waals surface area contributed by atoms with Crippen LogP contribution in [0, 0.1) is 11.3 Å². The topological polar surface area (TPSA) is 68.0 Å². The van der Waals surface area contributed by atoms with Crippen LogP contribution in [0.4, 0.5) is 11.4 Å². The van der Waals surface area contributed by atoms with Crippen LogP contribution in [-0.2, 0) is 19.3 Å². The molecule has 158 valence electrons. The van der Waals surface area contributed by atoms with Crippen LogP contribution in [0.15, 0.2) is 30.3 Å². The Balaban J connectivity index is 1.62. The Morgan fingerprint density at radius 2 is 2.00 bits per heavy atom. The third-order valence-electron chi connectivity index (χ3n) is 6.93. The third kappa shape index (κ3) is 3.83. The van der Waals surface area contributed by atoms with Gasteiger partial charge in [0, 0.05) is 16.8 Å². The van der Waals surface area contributed by atoms with E-state index in [1.807, 2.05) is 24.3 Å². The van der Waals surface area contributed by atoms with Crippen molar-refractivity contribution in [2.75, 3.05) is 11.1 Å². The number of nitrogen functional groups attached to an aromatic ring is 1. The summed E-state index contributed by atoms with van der Waals surface area (Å²) < 4.78 is 0. The summed E-state index contributed by atoms with van der Waals surface area (Å²) >= 11 is 1.39. The lowest BCUT2D eigenvalue weighted by atomic mass is 9.69. The van der Waals surface area contributed by atoms with Gasteiger partial charge in [-0.1, -0.05) is 46.2 Å². The van der Waals surface area contributed by atoms with E-state index in [0.717, 1.165) is 35.2 Å². The number of anilines is 2. The van der Waals surface area contributed by atoms with Gasteiger partial charge >= 0.3 is 0 Å². The van der Waals surface area contributed by atoms with E-state index in [-0.39, 0.29) is 5.91 Å². The fraction of sp³-hybridized carbons (Fsp3) is 0.440. The molecule has 5 heteroatoms. The minimum absolute atomic E-state index is 0.164. The van der Waals surface area contributed by atoms with Crippen LogP contribution in [0.3, 0.4) is 0 Å². The van der Waals surface area contributed by atoms with E-state index in [0.29, 0.717) is 21.9 Å². The number of amides is 1. The second-order valence-electron chi connectivity index (χ2n) is 9.08. The van der Waals surface area contributed by atoms with Gasteiger partial charge in [0.25, 0.3) is 5.91 Å². The zero-order valence-corrected chi connectivity index (χ0v) is 19.2. The number of aryl methyl sites for hydroxylation is 2. The van der Waals surface area contributed by atoms with E-state index in [2.05, 4.69) is 39.1 Å². The van der Waals surface area contributed by atoms with E-state index in [9.17, 15) is 4.79 Å². The van der Waals surface area contributed by atoms with Crippen LogP contribution in [0.1, 0.15) is 67.0 Å². The number of nitrogens with zero attached hydrogens (tertiary/aromatic N) is 1. The van der Waals surface area contributed by atoms with Gasteiger partial charge in [0.05, 0.1) is 5.69 Å². The number of aromatic nitrogens is 1. The standard InChI is InChI=1S/C25H31N3OS/c1-5-15-7-10-18(11-8-15)27-23(29)22-21(26)19-14-16-13-17(25(3,4)6-2)9-12-20(16)28-24(19)30-22/h7-8,10-11,14,17H,5-6,9,12-13,26H2,1-4H3,(H,27,29). The van der Waals surface area contributed by atoms with Gasteiger partial charge in [-0.2, -0.15) is 0 Å². The monoisotopic (exact) mass is 421 g/mol. The minimum atomic E-state index is -0.164. The maximum absolute atomic E-state index is 12.9. The lowest BCUT2D eigenvalue weighted by molar-refractivity contribution is 0.103. The molecule has 3 N–H and O–H groups in total. The maximum atomic E-state index is 12.9. The Morgan fingerprint density at radius 3 is 2.67 bits per heavy atom. The van der Waals surface area contributed by atoms with Crippen molar-refractivity contribution in [1.29, 1.82) is 0 Å². The lowest BCUT2D eigenvalue weighted by Crippen LogP contribution is -2.29. The average molecular weight is 422 g/mol. The molecule has 2 aromatic heterocycles. The van der Waals surface area contributed by atoms with Crippen LogP contribution in [0.5, 0.6) is 0 Å². The van der Waals surface area contributed by atoms with Crippen LogP contribution in [0.2, 0.25) is 0 Å². The summed E-state index contributed by atoms with van der Waals surface area (Å²) in [6.07, 6.45) is 5.37. The SMILES string of the molecule is CCc1ccc(NC(=O)c2sc3nc4c(cc3c2N)CC(C(C)(C)CC)CC4)cc1. The van der Waals surface area contributed by atoms with Gasteiger partial charge in [-0.05, 0) is 66.3 Å². The van der Waals surface area contributed by atoms with Crippen LogP contribution < -0.4 is 11.1 Å². The van der Waals surface area contributed by atoms with Gasteiger partial charge in [0.1, 0.15) is 9.71 Å². The van der Waals surface area contributed by atoms with E-state index in [4.69, 9.17) is 10.7 Å². The Hall–Kier alpha value is -2.40. The summed E-state index contributed by atoms with van der Waals surface area (Å²) in [5, 5.41) is 3.90. The molecule has 0 saturated heterocycles. The predicted octanol–water partition coefficient (Wildman–Crippen LogP) is 6.23. The molecule has 1 amide bonds. The summed E-state index contributed by atoms with van der Waals surface area (Å²) in [4.78, 5) is 19.2. The maximum Gasteiger partial charge on any atom is 0.267 e. The van der Waals surface area contributed by atoms with Crippen molar-refractivity contribution in [2.24, 2.45) is 11.3 Å². The van der Waals surface area contributed by atoms with Crippen molar-refractivity contribution in [2.45, 2.75) is 59.8 Å². The zero-order valence-electron chi connectivity index (χ0n) is 18.3. The number of carbonyl (C=O) groups excluding carboxylic acids is 1. The van der Waals surface area contributed by atoms with Gasteiger partial charge < -0.3 is 11.1 Å². The molecular formula is C25H31N3OS. The smallest absolute Gasteiger partial charge is 0.267 e. The van der Waals surface area contributed by atoms with Crippen molar-refractivity contribution in [1.82, 2.24) is 4.98 Å². The molecule has 0 bridgehead atoms. The molecule has 0 radical (unpaired) electrons. The number of benzene rings is 1. The summed E-state index contributed by atoms with van der Waals surface area (Å²) in [6, 6.07) is 10.1. The molecule has 1 atom stereocenters. The molecule has 4 nitrogen and oxygen atoms in total. The van der Waals surface area contributed by atoms with Gasteiger partial charge in [-0.15, -0.1) is 11.3 Å². The van der Waals surface area contributed by atoms with Gasteiger partial charge in [-0.3, -0.25) is 4.79 Å². The molecule has 3 aromatic rings. The van der Waals surface area contributed by atoms with E-state index in [1.54, 1.807) is 0 Å². The second-order valence-corrected chi connectivity index (χ2v) is 10.1. The van der Waals surface area contributed by atoms with Gasteiger partial charge in [-0.25, -0.2) is 4.98 Å². The molecule has 4 rings (SSSR count). The Morgan fingerprint density at radius 1 is 1.27 bits per heavy atom. The average Bonchev–Trinajstić information content (AvgIpc) is 3.08. The first kappa shape index (κ1) is 20.9. The fourth-order valence-corrected chi connectivity index (χ4v) is 5.32. The zero-order chi connectivity index (χ0) is 21.5. The number of nitrogens with one attached hydrogen (secondary N) is 1. The summed E-state index contributed by atoms with van der Waals surface area (Å²) in [5.74, 6) is 0.491. The van der Waals surface area contributed by atoms with Crippen molar-refractivity contribution in [3.05, 3.63) is 52.0 Å². The van der Waals surface area contributed by atoms with Gasteiger partial charge in [0.2, 0.25) is 0 Å². The number of hydrogen-bond acceptors (Lipinski definition) is 4. The quantitative estimate of drug-likeness (QED) is 0.513. The number of carbonyl (C=O) groups is 1. The molecule has 0 spiro atoms. The highest BCUT2D eigenvalue weighted by Crippen LogP contribution is 2.42. The summed E-state index contributed by atoms with van der Waals surface area (Å²) in [6.45, 7) is 9.12. The molecule has 2 heterocycles. The summed E-state index contributed by atoms with van der Waals surface area (Å²) in [7, 11) is 0. The molecule has 0 fully saturated rings. The number of nitrogens with two attached hydrogens (primary N) is 1. The number of thiophene rings is 1. The molecule has 1 aromatic carbocycles. The van der Waals surface area contributed by atoms with Crippen LogP contribution in [0.25, 0.3) is 10.2 Å². The Kier molecular flexibility index (Phi) is 5.58. The molecule has 1 aliphatic rings. The number of pyridine rings is 1. The molecular weight excluding hydrogens is 390 g/mol. The molecule has 1 aliphatic carbocycles. The number of fused-ring (bicyclic) bond motifs is 2. The molecule has 0 saturated carbocycles. The highest BCUT2D eigenvalue weighted by atomic mass is 32.1. The fourth-order valence-electron chi connectivity index (χ4n) is 4.33. The molecule has 1 unspecified atom stereocenters. The molecule has 30 heavy (non-hydrogen) atoms. The van der Waals surface area contributed by atoms with E-state index < -0.39 is 0 Å². The van der Waals surface area contributed by atoms with Crippen molar-refractivity contribution < 1.29 is 4.79 Å². The van der Waals surface area contributed by atoms with Crippen molar-refractivity contribution in [3.63, 3.8) is 0 Å². The second kappa shape index (κ2) is 8.03. The first-order valence-electron chi connectivity index (χ1n) is 10.9. The van der Waals surface area contributed by atoms with E-state index in [1.165, 1.54) is 41.0 Å². The van der Waals surface area contributed by atoms with Gasteiger partial charge in [0.15, 0.2) is 0 Å². The van der Waals surface area contributed by atoms with E-state index >= 15 is 0 Å². The first-order valence-corrected chi connectivity index (χ1v) is 11.7. The highest BCUT2D eigenvalue weighted by molar-refractivity contribution is 7.21. The number of rotatable bonds is 5. The third-order valence-corrected chi connectivity index (χ3v) is 8.04. The highest BCUT2D eigenvalue weighted by Gasteiger charge is 2.32. The normalized spacial score (nSPS) is 16.5. The predicted molar refractivity (Wildman–Crippen MR) is 127 cm³/mol. The number of hydrogen-bond donors (Lipinski definition) is 2. The Bertz CT molecular complexity index is 1080. The summed E-state index contributed by atoms with van der Waals surface area (Å²) in [5.41, 5.74) is 11.8. The lowest BCUT2D eigenvalue weighted by Gasteiger charge is -2.36. The van der Waals surface area contributed by atoms with Crippen LogP contribution in [-0.4, -0.2) is 10.9 Å². The minimum Gasteiger partial charge on any atom is -0.397 e. The van der Waals surface area contributed by atoms with Crippen molar-refractivity contribution >= 4 is 38.8 Å². The largest absolute Gasteiger partial charge is 0.397 e. The molecule has 0 aliphatic heterocycles. The Labute approximate surface area is 182 Å². The van der Waals surface area contributed by atoms with Crippen molar-refractivity contribution in [3.8, 4) is 0 Å². The first-order chi connectivity index (χ1) is 14.3.